The maximum Gasteiger partial charge on any atom is 0.222 e. The molecule has 0 N–H and O–H groups in total. The SMILES string of the molecule is COc1ncc(F)cc1-c1cccn1-c1nc2ccnn2cc1F. The fourth-order valence-corrected chi connectivity index (χ4v) is 2.55. The molecule has 120 valence electrons. The van der Waals surface area contributed by atoms with Crippen molar-refractivity contribution < 1.29 is 13.5 Å². The highest BCUT2D eigenvalue weighted by molar-refractivity contribution is 5.67. The van der Waals surface area contributed by atoms with Crippen LogP contribution in [0.25, 0.3) is 22.7 Å². The first-order chi connectivity index (χ1) is 11.7. The summed E-state index contributed by atoms with van der Waals surface area (Å²) < 4.78 is 36.1. The zero-order valence-corrected chi connectivity index (χ0v) is 12.5. The number of hydrogen-bond donors (Lipinski definition) is 0. The van der Waals surface area contributed by atoms with Crippen LogP contribution in [0.5, 0.6) is 5.88 Å². The molecule has 4 aromatic heterocycles. The van der Waals surface area contributed by atoms with E-state index in [1.54, 1.807) is 24.4 Å². The number of nitrogens with zero attached hydrogens (tertiary/aromatic N) is 5. The molecule has 0 unspecified atom stereocenters. The van der Waals surface area contributed by atoms with Crippen LogP contribution in [0.3, 0.4) is 0 Å². The van der Waals surface area contributed by atoms with Crippen LogP contribution in [0.2, 0.25) is 0 Å². The van der Waals surface area contributed by atoms with Gasteiger partial charge in [-0.3, -0.25) is 4.57 Å². The number of methoxy groups -OCH3 is 1. The van der Waals surface area contributed by atoms with E-state index in [0.717, 1.165) is 6.20 Å². The lowest BCUT2D eigenvalue weighted by Gasteiger charge is -2.12. The molecule has 0 atom stereocenters. The van der Waals surface area contributed by atoms with Crippen LogP contribution < -0.4 is 4.74 Å². The summed E-state index contributed by atoms with van der Waals surface area (Å²) >= 11 is 0. The molecule has 0 spiro atoms. The van der Waals surface area contributed by atoms with Gasteiger partial charge in [-0.05, 0) is 18.2 Å². The summed E-state index contributed by atoms with van der Waals surface area (Å²) in [5, 5.41) is 3.95. The van der Waals surface area contributed by atoms with Crippen LogP contribution >= 0.6 is 0 Å². The highest BCUT2D eigenvalue weighted by Crippen LogP contribution is 2.31. The fraction of sp³-hybridized carbons (Fsp3) is 0.0625. The van der Waals surface area contributed by atoms with E-state index in [9.17, 15) is 8.78 Å². The minimum Gasteiger partial charge on any atom is -0.481 e. The number of halogens is 2. The van der Waals surface area contributed by atoms with Gasteiger partial charge in [0.2, 0.25) is 5.88 Å². The lowest BCUT2D eigenvalue weighted by molar-refractivity contribution is 0.397. The number of fused-ring (bicyclic) bond motifs is 1. The Kier molecular flexibility index (Phi) is 3.23. The van der Waals surface area contributed by atoms with Crippen LogP contribution in [0, 0.1) is 11.6 Å². The molecule has 0 bridgehead atoms. The molecular weight excluding hydrogens is 316 g/mol. The van der Waals surface area contributed by atoms with Crippen molar-refractivity contribution in [3.05, 3.63) is 60.7 Å². The van der Waals surface area contributed by atoms with Gasteiger partial charge in [0.05, 0.1) is 37.0 Å². The molecular formula is C16H11F2N5O. The second-order valence-corrected chi connectivity index (χ2v) is 5.02. The van der Waals surface area contributed by atoms with Crippen LogP contribution in [0.1, 0.15) is 0 Å². The van der Waals surface area contributed by atoms with Crippen LogP contribution in [-0.4, -0.2) is 31.3 Å². The Morgan fingerprint density at radius 3 is 2.92 bits per heavy atom. The standard InChI is InChI=1S/C16H11F2N5O/c1-24-16-11(7-10(17)8-19-16)13-3-2-6-22(13)15-12(18)9-23-14(21-15)4-5-20-23/h2-9H,1H3. The molecule has 0 aliphatic carbocycles. The number of hydrogen-bond acceptors (Lipinski definition) is 4. The maximum atomic E-state index is 14.5. The molecule has 8 heteroatoms. The summed E-state index contributed by atoms with van der Waals surface area (Å²) in [5.74, 6) is -0.762. The van der Waals surface area contributed by atoms with Gasteiger partial charge in [-0.25, -0.2) is 23.3 Å². The van der Waals surface area contributed by atoms with Crippen LogP contribution in [-0.2, 0) is 0 Å². The van der Waals surface area contributed by atoms with E-state index in [2.05, 4.69) is 15.1 Å². The Labute approximate surface area is 135 Å². The monoisotopic (exact) mass is 327 g/mol. The summed E-state index contributed by atoms with van der Waals surface area (Å²) in [6.07, 6.45) is 5.47. The normalized spacial score (nSPS) is 11.1. The first kappa shape index (κ1) is 14.3. The third kappa shape index (κ3) is 2.19. The molecule has 4 aromatic rings. The van der Waals surface area contributed by atoms with Crippen molar-refractivity contribution in [2.45, 2.75) is 0 Å². The Morgan fingerprint density at radius 2 is 2.08 bits per heavy atom. The lowest BCUT2D eigenvalue weighted by atomic mass is 10.2. The van der Waals surface area contributed by atoms with Crippen molar-refractivity contribution in [2.24, 2.45) is 0 Å². The van der Waals surface area contributed by atoms with Gasteiger partial charge in [0.15, 0.2) is 17.3 Å². The van der Waals surface area contributed by atoms with E-state index >= 15 is 0 Å². The highest BCUT2D eigenvalue weighted by atomic mass is 19.1. The predicted octanol–water partition coefficient (Wildman–Crippen LogP) is 2.87. The number of ether oxygens (including phenoxy) is 1. The largest absolute Gasteiger partial charge is 0.481 e. The molecule has 0 aliphatic heterocycles. The van der Waals surface area contributed by atoms with Crippen molar-refractivity contribution in [1.82, 2.24) is 24.1 Å². The third-order valence-electron chi connectivity index (χ3n) is 3.58. The Morgan fingerprint density at radius 1 is 1.21 bits per heavy atom. The van der Waals surface area contributed by atoms with Crippen LogP contribution in [0.4, 0.5) is 8.78 Å². The molecule has 24 heavy (non-hydrogen) atoms. The van der Waals surface area contributed by atoms with E-state index in [1.807, 2.05) is 0 Å². The van der Waals surface area contributed by atoms with Crippen molar-refractivity contribution in [3.63, 3.8) is 0 Å². The molecule has 0 saturated carbocycles. The molecule has 6 nitrogen and oxygen atoms in total. The quantitative estimate of drug-likeness (QED) is 0.580. The van der Waals surface area contributed by atoms with Crippen molar-refractivity contribution in [1.29, 1.82) is 0 Å². The van der Waals surface area contributed by atoms with Gasteiger partial charge < -0.3 is 4.74 Å². The minimum absolute atomic E-state index is 0.0781. The lowest BCUT2D eigenvalue weighted by Crippen LogP contribution is -2.05. The summed E-state index contributed by atoms with van der Waals surface area (Å²) in [6, 6.07) is 6.37. The van der Waals surface area contributed by atoms with E-state index in [4.69, 9.17) is 4.74 Å². The Bertz CT molecular complexity index is 1040. The smallest absolute Gasteiger partial charge is 0.222 e. The average Bonchev–Trinajstić information content (AvgIpc) is 3.22. The number of rotatable bonds is 3. The van der Waals surface area contributed by atoms with E-state index in [0.29, 0.717) is 16.9 Å². The average molecular weight is 327 g/mol. The molecule has 4 rings (SSSR count). The molecule has 0 aromatic carbocycles. The van der Waals surface area contributed by atoms with Crippen molar-refractivity contribution >= 4 is 5.65 Å². The zero-order valence-electron chi connectivity index (χ0n) is 12.5. The molecule has 0 radical (unpaired) electrons. The van der Waals surface area contributed by atoms with E-state index in [-0.39, 0.29) is 11.7 Å². The Balaban J connectivity index is 1.94. The van der Waals surface area contributed by atoms with Gasteiger partial charge >= 0.3 is 0 Å². The maximum absolute atomic E-state index is 14.5. The Hall–Kier alpha value is -3.29. The summed E-state index contributed by atoms with van der Waals surface area (Å²) in [6.45, 7) is 0. The van der Waals surface area contributed by atoms with Gasteiger partial charge in [0.1, 0.15) is 5.82 Å². The summed E-state index contributed by atoms with van der Waals surface area (Å²) in [5.41, 5.74) is 1.40. The van der Waals surface area contributed by atoms with Gasteiger partial charge in [-0.1, -0.05) is 0 Å². The van der Waals surface area contributed by atoms with Gasteiger partial charge in [0, 0.05) is 12.3 Å². The minimum atomic E-state index is -0.563. The fourth-order valence-electron chi connectivity index (χ4n) is 2.55. The predicted molar refractivity (Wildman–Crippen MR) is 82.0 cm³/mol. The summed E-state index contributed by atoms with van der Waals surface area (Å²) in [4.78, 5) is 8.19. The summed E-state index contributed by atoms with van der Waals surface area (Å²) in [7, 11) is 1.44. The topological polar surface area (TPSA) is 57.2 Å². The van der Waals surface area contributed by atoms with Crippen molar-refractivity contribution in [2.75, 3.05) is 7.11 Å². The second-order valence-electron chi connectivity index (χ2n) is 5.02. The van der Waals surface area contributed by atoms with Crippen molar-refractivity contribution in [3.8, 4) is 23.0 Å². The first-order valence-corrected chi connectivity index (χ1v) is 7.05. The first-order valence-electron chi connectivity index (χ1n) is 7.05. The molecule has 0 amide bonds. The number of pyridine rings is 1. The second kappa shape index (κ2) is 5.41. The highest BCUT2D eigenvalue weighted by Gasteiger charge is 2.17. The van der Waals surface area contributed by atoms with Gasteiger partial charge in [-0.15, -0.1) is 0 Å². The van der Waals surface area contributed by atoms with Crippen LogP contribution in [0.15, 0.2) is 49.1 Å². The van der Waals surface area contributed by atoms with E-state index < -0.39 is 11.6 Å². The molecule has 0 fully saturated rings. The zero-order chi connectivity index (χ0) is 16.7. The van der Waals surface area contributed by atoms with Gasteiger partial charge in [-0.2, -0.15) is 5.10 Å². The third-order valence-corrected chi connectivity index (χ3v) is 3.58. The number of aromatic nitrogens is 5. The molecule has 0 aliphatic rings. The molecule has 0 saturated heterocycles. The van der Waals surface area contributed by atoms with E-state index in [1.165, 1.54) is 34.7 Å². The van der Waals surface area contributed by atoms with Gasteiger partial charge in [0.25, 0.3) is 0 Å². The molecule has 4 heterocycles.